The van der Waals surface area contributed by atoms with Crippen molar-refractivity contribution in [1.29, 1.82) is 0 Å². The fourth-order valence-electron chi connectivity index (χ4n) is 2.86. The SMILES string of the molecule is Cc1c[cH-]c(C)c1C(C)(C)C.Cc1cc(C)c(C)[cH-]1.[Hf]. The fraction of sp³-hybridized carbons (Fsp3) is 0.474. The van der Waals surface area contributed by atoms with Crippen LogP contribution in [-0.2, 0) is 31.3 Å². The maximum atomic E-state index is 2.27. The van der Waals surface area contributed by atoms with Crippen LogP contribution in [0.4, 0.5) is 0 Å². The molecule has 0 fully saturated rings. The van der Waals surface area contributed by atoms with Crippen LogP contribution in [0.3, 0.4) is 0 Å². The minimum atomic E-state index is 0. The van der Waals surface area contributed by atoms with E-state index in [0.29, 0.717) is 5.41 Å². The Bertz CT molecular complexity index is 494. The molecule has 0 aliphatic carbocycles. The molecule has 0 aliphatic heterocycles. The maximum absolute atomic E-state index is 2.27. The van der Waals surface area contributed by atoms with Gasteiger partial charge in [-0.25, -0.2) is 6.07 Å². The first-order valence-electron chi connectivity index (χ1n) is 7.07. The van der Waals surface area contributed by atoms with Crippen LogP contribution in [0, 0.1) is 34.6 Å². The summed E-state index contributed by atoms with van der Waals surface area (Å²) in [5, 5.41) is 0. The second-order valence-electron chi connectivity index (χ2n) is 6.72. The Balaban J connectivity index is 0.000000359. The third kappa shape index (κ3) is 5.16. The Morgan fingerprint density at radius 2 is 1.40 bits per heavy atom. The van der Waals surface area contributed by atoms with Gasteiger partial charge in [-0.3, -0.25) is 0 Å². The molecule has 0 saturated carbocycles. The van der Waals surface area contributed by atoms with E-state index in [1.165, 1.54) is 33.4 Å². The molecule has 20 heavy (non-hydrogen) atoms. The largest absolute Gasteiger partial charge is 0.208 e. The zero-order valence-electron chi connectivity index (χ0n) is 14.3. The molecule has 0 bridgehead atoms. The van der Waals surface area contributed by atoms with Gasteiger partial charge in [-0.05, 0) is 0 Å². The summed E-state index contributed by atoms with van der Waals surface area (Å²) in [4.78, 5) is 0. The third-order valence-corrected chi connectivity index (χ3v) is 3.63. The molecular formula is C19H28Hf-2. The molecule has 0 nitrogen and oxygen atoms in total. The van der Waals surface area contributed by atoms with Crippen molar-refractivity contribution < 1.29 is 25.8 Å². The van der Waals surface area contributed by atoms with Crippen molar-refractivity contribution in [3.63, 3.8) is 0 Å². The maximum Gasteiger partial charge on any atom is 0 e. The summed E-state index contributed by atoms with van der Waals surface area (Å²) < 4.78 is 0. The van der Waals surface area contributed by atoms with Crippen LogP contribution in [0.5, 0.6) is 0 Å². The average Bonchev–Trinajstić information content (AvgIpc) is 2.70. The molecule has 0 spiro atoms. The summed E-state index contributed by atoms with van der Waals surface area (Å²) in [5.41, 5.74) is 8.85. The van der Waals surface area contributed by atoms with E-state index in [2.05, 4.69) is 79.7 Å². The molecule has 2 rings (SSSR count). The van der Waals surface area contributed by atoms with Crippen LogP contribution in [0.1, 0.15) is 54.2 Å². The summed E-state index contributed by atoms with van der Waals surface area (Å²) in [7, 11) is 0. The van der Waals surface area contributed by atoms with E-state index in [4.69, 9.17) is 0 Å². The third-order valence-electron chi connectivity index (χ3n) is 3.63. The van der Waals surface area contributed by atoms with Crippen LogP contribution in [-0.4, -0.2) is 0 Å². The minimum Gasteiger partial charge on any atom is -0.208 e. The van der Waals surface area contributed by atoms with Crippen LogP contribution in [0.2, 0.25) is 0 Å². The molecule has 0 heterocycles. The number of hydrogen-bond acceptors (Lipinski definition) is 0. The Labute approximate surface area is 144 Å². The summed E-state index contributed by atoms with van der Waals surface area (Å²) >= 11 is 0. The normalized spacial score (nSPS) is 10.6. The number of aryl methyl sites for hydroxylation is 5. The first-order valence-corrected chi connectivity index (χ1v) is 7.07. The predicted molar refractivity (Wildman–Crippen MR) is 86.5 cm³/mol. The Morgan fingerprint density at radius 3 is 1.55 bits per heavy atom. The van der Waals surface area contributed by atoms with E-state index >= 15 is 0 Å². The van der Waals surface area contributed by atoms with Gasteiger partial charge in [-0.15, -0.1) is 0 Å². The van der Waals surface area contributed by atoms with Gasteiger partial charge in [0, 0.05) is 25.8 Å². The molecule has 0 atom stereocenters. The molecule has 0 aliphatic rings. The van der Waals surface area contributed by atoms with Crippen LogP contribution < -0.4 is 0 Å². The predicted octanol–water partition coefficient (Wildman–Crippen LogP) is 5.65. The van der Waals surface area contributed by atoms with Crippen molar-refractivity contribution in [3.8, 4) is 0 Å². The molecule has 0 N–H and O–H groups in total. The van der Waals surface area contributed by atoms with Crippen molar-refractivity contribution in [2.45, 2.75) is 60.8 Å². The van der Waals surface area contributed by atoms with Crippen molar-refractivity contribution in [2.75, 3.05) is 0 Å². The molecule has 110 valence electrons. The van der Waals surface area contributed by atoms with Gasteiger partial charge in [-0.1, -0.05) is 60.8 Å². The van der Waals surface area contributed by atoms with Crippen molar-refractivity contribution in [3.05, 3.63) is 57.6 Å². The molecule has 0 aromatic heterocycles. The molecule has 2 aromatic carbocycles. The van der Waals surface area contributed by atoms with Crippen LogP contribution in [0.25, 0.3) is 0 Å². The van der Waals surface area contributed by atoms with E-state index in [0.717, 1.165) is 0 Å². The Morgan fingerprint density at radius 1 is 0.850 bits per heavy atom. The van der Waals surface area contributed by atoms with Gasteiger partial charge < -0.3 is 0 Å². The van der Waals surface area contributed by atoms with Gasteiger partial charge in [-0.2, -0.15) is 51.6 Å². The molecule has 0 saturated heterocycles. The Kier molecular flexibility index (Phi) is 7.38. The van der Waals surface area contributed by atoms with Crippen molar-refractivity contribution in [1.82, 2.24) is 0 Å². The summed E-state index contributed by atoms with van der Waals surface area (Å²) in [5.74, 6) is 0. The molecular weight excluding hydrogens is 407 g/mol. The van der Waals surface area contributed by atoms with Crippen molar-refractivity contribution in [2.24, 2.45) is 0 Å². The van der Waals surface area contributed by atoms with E-state index in [1.54, 1.807) is 0 Å². The van der Waals surface area contributed by atoms with Gasteiger partial charge in [0.25, 0.3) is 0 Å². The quantitative estimate of drug-likeness (QED) is 0.371. The average molecular weight is 435 g/mol. The molecule has 0 radical (unpaired) electrons. The summed E-state index contributed by atoms with van der Waals surface area (Å²) in [6.45, 7) is 17.6. The van der Waals surface area contributed by atoms with E-state index in [-0.39, 0.29) is 25.8 Å². The molecule has 2 aromatic rings. The summed E-state index contributed by atoms with van der Waals surface area (Å²) in [6, 6.07) is 8.82. The van der Waals surface area contributed by atoms with E-state index < -0.39 is 0 Å². The minimum absolute atomic E-state index is 0. The number of rotatable bonds is 0. The number of hydrogen-bond donors (Lipinski definition) is 0. The first-order chi connectivity index (χ1) is 8.62. The van der Waals surface area contributed by atoms with Gasteiger partial charge in [0.2, 0.25) is 0 Å². The second-order valence-corrected chi connectivity index (χ2v) is 6.72. The Hall–Kier alpha value is -0.430. The zero-order chi connectivity index (χ0) is 14.8. The molecule has 0 amide bonds. The van der Waals surface area contributed by atoms with Gasteiger partial charge >= 0.3 is 0 Å². The van der Waals surface area contributed by atoms with E-state index in [1.807, 2.05) is 0 Å². The monoisotopic (exact) mass is 436 g/mol. The van der Waals surface area contributed by atoms with E-state index in [9.17, 15) is 0 Å². The standard InChI is InChI=1S/C11H17.C8H11.Hf/c1-8-6-7-9(2)10(8)11(3,4)5;1-6-4-7(2)8(3)5-6;/h6-7H,1-5H3;4-5H,1-3H3;/q2*-1;. The van der Waals surface area contributed by atoms with Gasteiger partial charge in [0.1, 0.15) is 0 Å². The fourth-order valence-corrected chi connectivity index (χ4v) is 2.86. The first kappa shape index (κ1) is 19.6. The van der Waals surface area contributed by atoms with Gasteiger partial charge in [0.05, 0.1) is 0 Å². The van der Waals surface area contributed by atoms with Gasteiger partial charge in [0.15, 0.2) is 0 Å². The van der Waals surface area contributed by atoms with Crippen LogP contribution in [0.15, 0.2) is 24.3 Å². The van der Waals surface area contributed by atoms with Crippen LogP contribution >= 0.6 is 0 Å². The smallest absolute Gasteiger partial charge is 0 e. The zero-order valence-corrected chi connectivity index (χ0v) is 17.9. The topological polar surface area (TPSA) is 0 Å². The second kappa shape index (κ2) is 7.54. The summed E-state index contributed by atoms with van der Waals surface area (Å²) in [6.07, 6.45) is 0. The van der Waals surface area contributed by atoms with Crippen molar-refractivity contribution >= 4 is 0 Å². The molecule has 0 unspecified atom stereocenters. The molecule has 1 heteroatoms.